The third-order valence-corrected chi connectivity index (χ3v) is 4.37. The average Bonchev–Trinajstić information content (AvgIpc) is 2.67. The second-order valence-corrected chi connectivity index (χ2v) is 6.31. The summed E-state index contributed by atoms with van der Waals surface area (Å²) in [4.78, 5) is 18.1. The molecule has 2 rings (SSSR count). The Hall–Kier alpha value is -1.91. The molecule has 0 unspecified atom stereocenters. The molecule has 3 N–H and O–H groups in total. The molecule has 0 aliphatic carbocycles. The molecular weight excluding hydrogens is 475 g/mol. The van der Waals surface area contributed by atoms with E-state index in [2.05, 4.69) is 15.6 Å². The molecule has 0 spiro atoms. The van der Waals surface area contributed by atoms with Crippen LogP contribution in [0.2, 0.25) is 0 Å². The highest BCUT2D eigenvalue weighted by Crippen LogP contribution is 2.26. The van der Waals surface area contributed by atoms with E-state index in [-0.39, 0.29) is 41.9 Å². The SMILES string of the molecule is CCNC(=NCc1ccc(OC)c(O)c1)NC1CCN(C(=O)OCC)CC1.I. The van der Waals surface area contributed by atoms with Gasteiger partial charge in [0.05, 0.1) is 20.3 Å². The van der Waals surface area contributed by atoms with Crippen LogP contribution in [0, 0.1) is 0 Å². The summed E-state index contributed by atoms with van der Waals surface area (Å²) < 4.78 is 10.1. The first kappa shape index (κ1) is 24.1. The summed E-state index contributed by atoms with van der Waals surface area (Å²) in [6, 6.07) is 5.51. The summed E-state index contributed by atoms with van der Waals surface area (Å²) in [6.07, 6.45) is 1.44. The van der Waals surface area contributed by atoms with E-state index in [1.807, 2.05) is 19.9 Å². The minimum absolute atomic E-state index is 0. The number of hydrogen-bond acceptors (Lipinski definition) is 5. The van der Waals surface area contributed by atoms with E-state index in [9.17, 15) is 9.90 Å². The zero-order valence-electron chi connectivity index (χ0n) is 16.7. The Balaban J connectivity index is 0.00000392. The Labute approximate surface area is 183 Å². The predicted molar refractivity (Wildman–Crippen MR) is 120 cm³/mol. The normalized spacial score (nSPS) is 14.8. The number of benzene rings is 1. The van der Waals surface area contributed by atoms with Gasteiger partial charge in [0, 0.05) is 25.7 Å². The summed E-state index contributed by atoms with van der Waals surface area (Å²) in [5.74, 6) is 1.28. The number of rotatable bonds is 6. The number of halogens is 1. The Morgan fingerprint density at radius 2 is 2.04 bits per heavy atom. The van der Waals surface area contributed by atoms with Crippen LogP contribution in [0.5, 0.6) is 11.5 Å². The number of carbonyl (C=O) groups is 1. The van der Waals surface area contributed by atoms with Gasteiger partial charge >= 0.3 is 6.09 Å². The average molecular weight is 506 g/mol. The minimum Gasteiger partial charge on any atom is -0.504 e. The molecule has 0 radical (unpaired) electrons. The monoisotopic (exact) mass is 506 g/mol. The van der Waals surface area contributed by atoms with Gasteiger partial charge in [-0.15, -0.1) is 24.0 Å². The quantitative estimate of drug-likeness (QED) is 0.312. The Morgan fingerprint density at radius 3 is 2.61 bits per heavy atom. The molecule has 1 amide bonds. The molecule has 1 aliphatic heterocycles. The minimum atomic E-state index is -0.240. The zero-order chi connectivity index (χ0) is 19.6. The van der Waals surface area contributed by atoms with Gasteiger partial charge in [-0.3, -0.25) is 0 Å². The van der Waals surface area contributed by atoms with Crippen molar-refractivity contribution >= 4 is 36.0 Å². The molecule has 9 heteroatoms. The number of aliphatic imine (C=N–C) groups is 1. The Morgan fingerprint density at radius 1 is 1.32 bits per heavy atom. The van der Waals surface area contributed by atoms with Crippen molar-refractivity contribution in [3.8, 4) is 11.5 Å². The maximum atomic E-state index is 11.8. The second kappa shape index (κ2) is 12.5. The molecule has 1 saturated heterocycles. The third-order valence-electron chi connectivity index (χ3n) is 4.37. The molecule has 1 aromatic rings. The van der Waals surface area contributed by atoms with Gasteiger partial charge < -0.3 is 30.1 Å². The van der Waals surface area contributed by atoms with Crippen LogP contribution < -0.4 is 15.4 Å². The van der Waals surface area contributed by atoms with Crippen molar-refractivity contribution in [1.82, 2.24) is 15.5 Å². The molecule has 1 heterocycles. The summed E-state index contributed by atoms with van der Waals surface area (Å²) in [6.45, 7) is 6.75. The third kappa shape index (κ3) is 7.25. The van der Waals surface area contributed by atoms with Crippen LogP contribution in [0.15, 0.2) is 23.2 Å². The highest BCUT2D eigenvalue weighted by molar-refractivity contribution is 14.0. The molecule has 0 atom stereocenters. The van der Waals surface area contributed by atoms with Crippen LogP contribution in [0.25, 0.3) is 0 Å². The number of phenolic OH excluding ortho intramolecular Hbond substituents is 1. The van der Waals surface area contributed by atoms with Gasteiger partial charge in [-0.2, -0.15) is 0 Å². The molecule has 158 valence electrons. The second-order valence-electron chi connectivity index (χ2n) is 6.31. The molecule has 1 aromatic carbocycles. The van der Waals surface area contributed by atoms with Gasteiger partial charge in [-0.1, -0.05) is 6.07 Å². The van der Waals surface area contributed by atoms with Crippen LogP contribution in [0.3, 0.4) is 0 Å². The van der Waals surface area contributed by atoms with E-state index in [0.717, 1.165) is 30.9 Å². The topological polar surface area (TPSA) is 95.4 Å². The number of phenols is 1. The molecule has 8 nitrogen and oxygen atoms in total. The highest BCUT2D eigenvalue weighted by atomic mass is 127. The number of likely N-dealkylation sites (tertiary alicyclic amines) is 1. The maximum absolute atomic E-state index is 11.8. The molecule has 1 fully saturated rings. The molecular formula is C19H31IN4O4. The lowest BCUT2D eigenvalue weighted by Crippen LogP contribution is -2.49. The fourth-order valence-corrected chi connectivity index (χ4v) is 2.94. The number of ether oxygens (including phenoxy) is 2. The summed E-state index contributed by atoms with van der Waals surface area (Å²) in [5, 5.41) is 16.5. The van der Waals surface area contributed by atoms with Crippen molar-refractivity contribution in [2.45, 2.75) is 39.3 Å². The van der Waals surface area contributed by atoms with E-state index < -0.39 is 0 Å². The van der Waals surface area contributed by atoms with Crippen molar-refractivity contribution in [2.75, 3.05) is 33.4 Å². The number of guanidine groups is 1. The smallest absolute Gasteiger partial charge is 0.409 e. The van der Waals surface area contributed by atoms with Gasteiger partial charge in [0.15, 0.2) is 17.5 Å². The summed E-state index contributed by atoms with van der Waals surface area (Å²) in [7, 11) is 1.52. The summed E-state index contributed by atoms with van der Waals surface area (Å²) in [5.41, 5.74) is 0.891. The van der Waals surface area contributed by atoms with E-state index in [1.165, 1.54) is 7.11 Å². The zero-order valence-corrected chi connectivity index (χ0v) is 19.1. The number of nitrogens with zero attached hydrogens (tertiary/aromatic N) is 2. The van der Waals surface area contributed by atoms with Crippen molar-refractivity contribution in [3.63, 3.8) is 0 Å². The number of amides is 1. The number of aromatic hydroxyl groups is 1. The van der Waals surface area contributed by atoms with E-state index in [0.29, 0.717) is 32.0 Å². The highest BCUT2D eigenvalue weighted by Gasteiger charge is 2.24. The van der Waals surface area contributed by atoms with Crippen LogP contribution in [0.1, 0.15) is 32.3 Å². The molecule has 0 aromatic heterocycles. The lowest BCUT2D eigenvalue weighted by atomic mass is 10.1. The molecule has 1 aliphatic rings. The van der Waals surface area contributed by atoms with Gasteiger partial charge in [-0.25, -0.2) is 9.79 Å². The first-order valence-electron chi connectivity index (χ1n) is 9.39. The lowest BCUT2D eigenvalue weighted by molar-refractivity contribution is 0.0963. The van der Waals surface area contributed by atoms with Gasteiger partial charge in [0.25, 0.3) is 0 Å². The van der Waals surface area contributed by atoms with Crippen LogP contribution >= 0.6 is 24.0 Å². The standard InChI is InChI=1S/C19H30N4O4.HI/c1-4-20-18(21-13-14-6-7-17(26-3)16(24)12-14)22-15-8-10-23(11-9-15)19(25)27-5-2;/h6-7,12,15,24H,4-5,8-11,13H2,1-3H3,(H2,20,21,22);1H. The van der Waals surface area contributed by atoms with Gasteiger partial charge in [0.2, 0.25) is 0 Å². The predicted octanol–water partition coefficient (Wildman–Crippen LogP) is 2.69. The van der Waals surface area contributed by atoms with Gasteiger partial charge in [0.1, 0.15) is 0 Å². The van der Waals surface area contributed by atoms with Crippen LogP contribution in [0.4, 0.5) is 4.79 Å². The Bertz CT molecular complexity index is 649. The van der Waals surface area contributed by atoms with Crippen molar-refractivity contribution in [1.29, 1.82) is 0 Å². The van der Waals surface area contributed by atoms with Gasteiger partial charge in [-0.05, 0) is 44.4 Å². The van der Waals surface area contributed by atoms with Crippen LogP contribution in [-0.4, -0.2) is 61.5 Å². The number of hydrogen-bond donors (Lipinski definition) is 3. The molecule has 28 heavy (non-hydrogen) atoms. The fourth-order valence-electron chi connectivity index (χ4n) is 2.94. The molecule has 0 bridgehead atoms. The first-order chi connectivity index (χ1) is 13.1. The summed E-state index contributed by atoms with van der Waals surface area (Å²) >= 11 is 0. The first-order valence-corrected chi connectivity index (χ1v) is 9.39. The number of methoxy groups -OCH3 is 1. The van der Waals surface area contributed by atoms with E-state index in [1.54, 1.807) is 17.0 Å². The van der Waals surface area contributed by atoms with E-state index in [4.69, 9.17) is 9.47 Å². The number of piperidine rings is 1. The Kier molecular flexibility index (Phi) is 10.8. The number of carbonyl (C=O) groups excluding carboxylic acids is 1. The van der Waals surface area contributed by atoms with Crippen molar-refractivity contribution in [3.05, 3.63) is 23.8 Å². The fraction of sp³-hybridized carbons (Fsp3) is 0.579. The van der Waals surface area contributed by atoms with Crippen molar-refractivity contribution < 1.29 is 19.4 Å². The molecule has 0 saturated carbocycles. The van der Waals surface area contributed by atoms with Crippen molar-refractivity contribution in [2.24, 2.45) is 4.99 Å². The largest absolute Gasteiger partial charge is 0.504 e. The maximum Gasteiger partial charge on any atom is 0.409 e. The van der Waals surface area contributed by atoms with E-state index >= 15 is 0 Å². The van der Waals surface area contributed by atoms with Crippen LogP contribution in [-0.2, 0) is 11.3 Å². The number of nitrogens with one attached hydrogen (secondary N) is 2. The lowest BCUT2D eigenvalue weighted by Gasteiger charge is -2.32.